The summed E-state index contributed by atoms with van der Waals surface area (Å²) in [5.41, 5.74) is 3.18. The smallest absolute Gasteiger partial charge is 0.0195 e. The first kappa shape index (κ1) is 13.1. The standard InChI is InChI=1S/C17H26N2/c1-2-9-18-16-7-5-10-19(13-16)12-15-11-14-6-3-4-8-17(14)15/h3-4,6,8,15-16,18H,2,5,7,9-13H2,1H3. The maximum Gasteiger partial charge on any atom is 0.0195 e. The molecular formula is C17H26N2. The molecule has 1 N–H and O–H groups in total. The molecule has 1 aliphatic heterocycles. The van der Waals surface area contributed by atoms with Crippen molar-refractivity contribution in [2.24, 2.45) is 0 Å². The molecule has 2 nitrogen and oxygen atoms in total. The number of nitrogens with zero attached hydrogens (tertiary/aromatic N) is 1. The second kappa shape index (κ2) is 6.06. The molecule has 0 saturated carbocycles. The van der Waals surface area contributed by atoms with Gasteiger partial charge in [0.1, 0.15) is 0 Å². The zero-order chi connectivity index (χ0) is 13.1. The first-order valence-electron chi connectivity index (χ1n) is 7.90. The summed E-state index contributed by atoms with van der Waals surface area (Å²) in [4.78, 5) is 2.68. The van der Waals surface area contributed by atoms with Crippen LogP contribution in [-0.2, 0) is 6.42 Å². The second-order valence-electron chi connectivity index (χ2n) is 6.15. The first-order valence-corrected chi connectivity index (χ1v) is 7.90. The number of hydrogen-bond acceptors (Lipinski definition) is 2. The summed E-state index contributed by atoms with van der Waals surface area (Å²) >= 11 is 0. The van der Waals surface area contributed by atoms with Crippen molar-refractivity contribution in [3.63, 3.8) is 0 Å². The predicted molar refractivity (Wildman–Crippen MR) is 80.6 cm³/mol. The van der Waals surface area contributed by atoms with Gasteiger partial charge in [-0.25, -0.2) is 0 Å². The molecule has 1 aromatic carbocycles. The topological polar surface area (TPSA) is 15.3 Å². The van der Waals surface area contributed by atoms with E-state index in [4.69, 9.17) is 0 Å². The van der Waals surface area contributed by atoms with Crippen molar-refractivity contribution in [1.29, 1.82) is 0 Å². The van der Waals surface area contributed by atoms with Crippen LogP contribution in [0.5, 0.6) is 0 Å². The molecule has 0 spiro atoms. The van der Waals surface area contributed by atoms with E-state index in [-0.39, 0.29) is 0 Å². The molecule has 1 saturated heterocycles. The highest BCUT2D eigenvalue weighted by Crippen LogP contribution is 2.35. The monoisotopic (exact) mass is 258 g/mol. The number of rotatable bonds is 5. The Bertz CT molecular complexity index is 415. The molecular weight excluding hydrogens is 232 g/mol. The van der Waals surface area contributed by atoms with Gasteiger partial charge in [0, 0.05) is 25.0 Å². The average molecular weight is 258 g/mol. The van der Waals surface area contributed by atoms with Crippen LogP contribution in [0.3, 0.4) is 0 Å². The quantitative estimate of drug-likeness (QED) is 0.873. The minimum Gasteiger partial charge on any atom is -0.313 e. The summed E-state index contributed by atoms with van der Waals surface area (Å²) in [7, 11) is 0. The molecule has 104 valence electrons. The van der Waals surface area contributed by atoms with Gasteiger partial charge in [-0.2, -0.15) is 0 Å². The molecule has 0 amide bonds. The van der Waals surface area contributed by atoms with Gasteiger partial charge in [0.2, 0.25) is 0 Å². The fraction of sp³-hybridized carbons (Fsp3) is 0.647. The third-order valence-corrected chi connectivity index (χ3v) is 4.63. The van der Waals surface area contributed by atoms with Crippen molar-refractivity contribution < 1.29 is 0 Å². The van der Waals surface area contributed by atoms with Gasteiger partial charge >= 0.3 is 0 Å². The van der Waals surface area contributed by atoms with Gasteiger partial charge in [0.15, 0.2) is 0 Å². The molecule has 2 unspecified atom stereocenters. The van der Waals surface area contributed by atoms with Crippen LogP contribution >= 0.6 is 0 Å². The van der Waals surface area contributed by atoms with Crippen LogP contribution in [0.15, 0.2) is 24.3 Å². The summed E-state index contributed by atoms with van der Waals surface area (Å²) in [6.45, 7) is 7.23. The van der Waals surface area contributed by atoms with E-state index in [1.54, 1.807) is 11.1 Å². The Balaban J connectivity index is 1.51. The van der Waals surface area contributed by atoms with Gasteiger partial charge in [0.05, 0.1) is 0 Å². The molecule has 1 fully saturated rings. The zero-order valence-electron chi connectivity index (χ0n) is 12.1. The lowest BCUT2D eigenvalue weighted by Gasteiger charge is -2.39. The van der Waals surface area contributed by atoms with Crippen LogP contribution < -0.4 is 5.32 Å². The summed E-state index contributed by atoms with van der Waals surface area (Å²) in [6, 6.07) is 9.69. The van der Waals surface area contributed by atoms with E-state index in [1.165, 1.54) is 51.9 Å². The van der Waals surface area contributed by atoms with Crippen LogP contribution in [0.2, 0.25) is 0 Å². The van der Waals surface area contributed by atoms with Gasteiger partial charge in [-0.05, 0) is 49.9 Å². The zero-order valence-corrected chi connectivity index (χ0v) is 12.1. The molecule has 0 bridgehead atoms. The van der Waals surface area contributed by atoms with Gasteiger partial charge in [0.25, 0.3) is 0 Å². The number of benzene rings is 1. The Hall–Kier alpha value is -0.860. The van der Waals surface area contributed by atoms with Crippen molar-refractivity contribution in [3.8, 4) is 0 Å². The molecule has 2 heteroatoms. The lowest BCUT2D eigenvalue weighted by atomic mass is 9.77. The van der Waals surface area contributed by atoms with Crippen LogP contribution in [-0.4, -0.2) is 37.1 Å². The van der Waals surface area contributed by atoms with E-state index in [1.807, 2.05) is 0 Å². The molecule has 0 aromatic heterocycles. The number of hydrogen-bond donors (Lipinski definition) is 1. The van der Waals surface area contributed by atoms with E-state index in [0.29, 0.717) is 0 Å². The summed E-state index contributed by atoms with van der Waals surface area (Å²) in [6.07, 6.45) is 5.25. The Kier molecular flexibility index (Phi) is 4.19. The SMILES string of the molecule is CCCNC1CCCN(CC2Cc3ccccc32)C1. The van der Waals surface area contributed by atoms with E-state index < -0.39 is 0 Å². The highest BCUT2D eigenvalue weighted by atomic mass is 15.2. The maximum atomic E-state index is 3.69. The van der Waals surface area contributed by atoms with Crippen LogP contribution in [0.1, 0.15) is 43.2 Å². The molecule has 2 atom stereocenters. The third-order valence-electron chi connectivity index (χ3n) is 4.63. The Labute approximate surface area is 117 Å². The third kappa shape index (κ3) is 3.01. The molecule has 3 rings (SSSR count). The van der Waals surface area contributed by atoms with Crippen molar-refractivity contribution in [2.75, 3.05) is 26.2 Å². The molecule has 1 aromatic rings. The van der Waals surface area contributed by atoms with Gasteiger partial charge in [-0.3, -0.25) is 0 Å². The van der Waals surface area contributed by atoms with Crippen molar-refractivity contribution >= 4 is 0 Å². The Morgan fingerprint density at radius 2 is 2.21 bits per heavy atom. The fourth-order valence-corrected chi connectivity index (χ4v) is 3.57. The van der Waals surface area contributed by atoms with Crippen LogP contribution in [0.25, 0.3) is 0 Å². The van der Waals surface area contributed by atoms with Gasteiger partial charge in [-0.15, -0.1) is 0 Å². The minimum atomic E-state index is 0.726. The molecule has 2 aliphatic rings. The number of nitrogens with one attached hydrogen (secondary N) is 1. The van der Waals surface area contributed by atoms with Crippen LogP contribution in [0, 0.1) is 0 Å². The van der Waals surface area contributed by atoms with E-state index >= 15 is 0 Å². The molecule has 1 aliphatic carbocycles. The van der Waals surface area contributed by atoms with Crippen molar-refractivity contribution in [3.05, 3.63) is 35.4 Å². The summed E-state index contributed by atoms with van der Waals surface area (Å²) in [5, 5.41) is 3.69. The van der Waals surface area contributed by atoms with E-state index in [0.717, 1.165) is 12.0 Å². The van der Waals surface area contributed by atoms with Crippen molar-refractivity contribution in [2.45, 2.75) is 44.6 Å². The second-order valence-corrected chi connectivity index (χ2v) is 6.15. The lowest BCUT2D eigenvalue weighted by Crippen LogP contribution is -2.47. The fourth-order valence-electron chi connectivity index (χ4n) is 3.57. The van der Waals surface area contributed by atoms with Crippen molar-refractivity contribution in [1.82, 2.24) is 10.2 Å². The Morgan fingerprint density at radius 3 is 3.05 bits per heavy atom. The first-order chi connectivity index (χ1) is 9.36. The van der Waals surface area contributed by atoms with E-state index in [2.05, 4.69) is 41.4 Å². The number of likely N-dealkylation sites (tertiary alicyclic amines) is 1. The highest BCUT2D eigenvalue weighted by molar-refractivity contribution is 5.40. The molecule has 1 heterocycles. The van der Waals surface area contributed by atoms with Gasteiger partial charge in [-0.1, -0.05) is 31.2 Å². The maximum absolute atomic E-state index is 3.69. The number of fused-ring (bicyclic) bond motifs is 1. The highest BCUT2D eigenvalue weighted by Gasteiger charge is 2.29. The average Bonchev–Trinajstić information content (AvgIpc) is 2.43. The normalized spacial score (nSPS) is 26.8. The summed E-state index contributed by atoms with van der Waals surface area (Å²) in [5.74, 6) is 0.793. The van der Waals surface area contributed by atoms with E-state index in [9.17, 15) is 0 Å². The van der Waals surface area contributed by atoms with Crippen LogP contribution in [0.4, 0.5) is 0 Å². The summed E-state index contributed by atoms with van der Waals surface area (Å²) < 4.78 is 0. The minimum absolute atomic E-state index is 0.726. The van der Waals surface area contributed by atoms with Gasteiger partial charge < -0.3 is 10.2 Å². The molecule has 19 heavy (non-hydrogen) atoms. The Morgan fingerprint density at radius 1 is 1.32 bits per heavy atom. The molecule has 0 radical (unpaired) electrons. The lowest BCUT2D eigenvalue weighted by molar-refractivity contribution is 0.176. The largest absolute Gasteiger partial charge is 0.313 e. The predicted octanol–water partition coefficient (Wildman–Crippen LogP) is 2.79. The number of piperidine rings is 1.